The topological polar surface area (TPSA) is 24.1 Å². The van der Waals surface area contributed by atoms with E-state index in [1.54, 1.807) is 0 Å². The van der Waals surface area contributed by atoms with Gasteiger partial charge in [0.1, 0.15) is 0 Å². The lowest BCUT2D eigenvalue weighted by Gasteiger charge is -2.12. The highest BCUT2D eigenvalue weighted by Crippen LogP contribution is 2.13. The highest BCUT2D eigenvalue weighted by molar-refractivity contribution is 7.80. The predicted molar refractivity (Wildman–Crippen MR) is 95.3 cm³/mol. The lowest BCUT2D eigenvalue weighted by molar-refractivity contribution is 0.873. The quantitative estimate of drug-likeness (QED) is 0.812. The first-order valence-electron chi connectivity index (χ1n) is 6.90. The molecule has 0 bridgehead atoms. The molecule has 4 heteroatoms. The minimum atomic E-state index is 0.647. The zero-order valence-electron chi connectivity index (χ0n) is 12.2. The van der Waals surface area contributed by atoms with Crippen LogP contribution in [0.25, 0.3) is 0 Å². The number of hydrogen-bond acceptors (Lipinski definition) is 1. The van der Waals surface area contributed by atoms with E-state index in [0.29, 0.717) is 5.11 Å². The van der Waals surface area contributed by atoms with Gasteiger partial charge in [-0.1, -0.05) is 29.8 Å². The van der Waals surface area contributed by atoms with Crippen LogP contribution in [0.2, 0.25) is 5.02 Å². The van der Waals surface area contributed by atoms with Crippen molar-refractivity contribution in [3.63, 3.8) is 0 Å². The summed E-state index contributed by atoms with van der Waals surface area (Å²) in [4.78, 5) is 0. The molecule has 0 amide bonds. The Hall–Kier alpha value is -1.58. The van der Waals surface area contributed by atoms with Crippen molar-refractivity contribution in [1.82, 2.24) is 5.32 Å². The smallest absolute Gasteiger partial charge is 0.170 e. The molecular formula is C17H19ClN2S. The molecule has 0 radical (unpaired) electrons. The molecule has 0 saturated carbocycles. The summed E-state index contributed by atoms with van der Waals surface area (Å²) in [5, 5.41) is 7.85. The standard InChI is InChI=1S/C17H19ClN2S/c1-12-9-13(2)11-16(10-12)20-17(21)19-8-7-14-3-5-15(18)6-4-14/h3-6,9-11H,7-8H2,1-2H3,(H2,19,20,21). The van der Waals surface area contributed by atoms with E-state index in [-0.39, 0.29) is 0 Å². The molecule has 2 aromatic carbocycles. The van der Waals surface area contributed by atoms with Gasteiger partial charge in [0, 0.05) is 17.3 Å². The number of rotatable bonds is 4. The molecule has 2 rings (SSSR count). The highest BCUT2D eigenvalue weighted by Gasteiger charge is 2.00. The SMILES string of the molecule is Cc1cc(C)cc(NC(=S)NCCc2ccc(Cl)cc2)c1. The number of thiocarbonyl (C=S) groups is 1. The molecule has 0 aliphatic carbocycles. The van der Waals surface area contributed by atoms with Crippen molar-refractivity contribution >= 4 is 34.6 Å². The molecule has 21 heavy (non-hydrogen) atoms. The molecule has 0 fully saturated rings. The van der Waals surface area contributed by atoms with E-state index < -0.39 is 0 Å². The molecule has 0 saturated heterocycles. The van der Waals surface area contributed by atoms with Crippen molar-refractivity contribution in [1.29, 1.82) is 0 Å². The summed E-state index contributed by atoms with van der Waals surface area (Å²) < 4.78 is 0. The maximum atomic E-state index is 5.87. The Morgan fingerprint density at radius 1 is 1.05 bits per heavy atom. The van der Waals surface area contributed by atoms with Crippen LogP contribution >= 0.6 is 23.8 Å². The summed E-state index contributed by atoms with van der Waals surface area (Å²) in [6.45, 7) is 4.95. The Balaban J connectivity index is 1.80. The molecule has 0 aliphatic rings. The van der Waals surface area contributed by atoms with Crippen LogP contribution in [0.15, 0.2) is 42.5 Å². The van der Waals surface area contributed by atoms with Crippen molar-refractivity contribution < 1.29 is 0 Å². The average Bonchev–Trinajstić information content (AvgIpc) is 2.39. The van der Waals surface area contributed by atoms with Gasteiger partial charge in [-0.2, -0.15) is 0 Å². The van der Waals surface area contributed by atoms with Gasteiger partial charge >= 0.3 is 0 Å². The van der Waals surface area contributed by atoms with Crippen LogP contribution < -0.4 is 10.6 Å². The molecule has 2 aromatic rings. The van der Waals surface area contributed by atoms with E-state index in [1.807, 2.05) is 24.3 Å². The first-order valence-corrected chi connectivity index (χ1v) is 7.69. The number of nitrogens with one attached hydrogen (secondary N) is 2. The minimum Gasteiger partial charge on any atom is -0.362 e. The van der Waals surface area contributed by atoms with E-state index in [2.05, 4.69) is 42.7 Å². The van der Waals surface area contributed by atoms with Gasteiger partial charge in [-0.15, -0.1) is 0 Å². The number of anilines is 1. The van der Waals surface area contributed by atoms with E-state index in [1.165, 1.54) is 16.7 Å². The van der Waals surface area contributed by atoms with Gasteiger partial charge in [0.2, 0.25) is 0 Å². The summed E-state index contributed by atoms with van der Waals surface area (Å²) in [5.74, 6) is 0. The van der Waals surface area contributed by atoms with E-state index in [4.69, 9.17) is 23.8 Å². The number of halogens is 1. The average molecular weight is 319 g/mol. The second kappa shape index (κ2) is 7.43. The summed E-state index contributed by atoms with van der Waals surface area (Å²) in [6, 6.07) is 14.2. The summed E-state index contributed by atoms with van der Waals surface area (Å²) >= 11 is 11.2. The Morgan fingerprint density at radius 2 is 1.67 bits per heavy atom. The molecule has 0 spiro atoms. The fourth-order valence-electron chi connectivity index (χ4n) is 2.19. The van der Waals surface area contributed by atoms with Gasteiger partial charge in [-0.3, -0.25) is 0 Å². The largest absolute Gasteiger partial charge is 0.362 e. The Labute approximate surface area is 136 Å². The maximum Gasteiger partial charge on any atom is 0.170 e. The van der Waals surface area contributed by atoms with Gasteiger partial charge in [-0.25, -0.2) is 0 Å². The van der Waals surface area contributed by atoms with Crippen molar-refractivity contribution in [2.24, 2.45) is 0 Å². The normalized spacial score (nSPS) is 10.2. The van der Waals surface area contributed by atoms with Crippen molar-refractivity contribution in [2.45, 2.75) is 20.3 Å². The van der Waals surface area contributed by atoms with Gasteiger partial charge in [-0.05, 0) is 73.4 Å². The summed E-state index contributed by atoms with van der Waals surface area (Å²) in [7, 11) is 0. The lowest BCUT2D eigenvalue weighted by Crippen LogP contribution is -2.30. The summed E-state index contributed by atoms with van der Waals surface area (Å²) in [6.07, 6.45) is 0.909. The molecule has 0 heterocycles. The highest BCUT2D eigenvalue weighted by atomic mass is 35.5. The second-order valence-electron chi connectivity index (χ2n) is 5.13. The molecule has 110 valence electrons. The second-order valence-corrected chi connectivity index (χ2v) is 5.98. The molecule has 2 nitrogen and oxygen atoms in total. The Bertz CT molecular complexity index is 603. The fraction of sp³-hybridized carbons (Fsp3) is 0.235. The molecule has 0 aliphatic heterocycles. The van der Waals surface area contributed by atoms with Crippen molar-refractivity contribution in [3.05, 3.63) is 64.2 Å². The third kappa shape index (κ3) is 5.37. The van der Waals surface area contributed by atoms with Gasteiger partial charge < -0.3 is 10.6 Å². The molecular weight excluding hydrogens is 300 g/mol. The van der Waals surface area contributed by atoms with Gasteiger partial charge in [0.25, 0.3) is 0 Å². The Morgan fingerprint density at radius 3 is 2.29 bits per heavy atom. The van der Waals surface area contributed by atoms with E-state index in [9.17, 15) is 0 Å². The van der Waals surface area contributed by atoms with Crippen molar-refractivity contribution in [2.75, 3.05) is 11.9 Å². The van der Waals surface area contributed by atoms with Crippen LogP contribution in [0.4, 0.5) is 5.69 Å². The van der Waals surface area contributed by atoms with Crippen molar-refractivity contribution in [3.8, 4) is 0 Å². The predicted octanol–water partition coefficient (Wildman–Crippen LogP) is 4.49. The third-order valence-electron chi connectivity index (χ3n) is 3.09. The molecule has 0 atom stereocenters. The lowest BCUT2D eigenvalue weighted by atomic mass is 10.1. The van der Waals surface area contributed by atoms with Crippen LogP contribution in [0.5, 0.6) is 0 Å². The van der Waals surface area contributed by atoms with Gasteiger partial charge in [0.15, 0.2) is 5.11 Å². The molecule has 0 aromatic heterocycles. The zero-order valence-corrected chi connectivity index (χ0v) is 13.8. The third-order valence-corrected chi connectivity index (χ3v) is 3.59. The number of hydrogen-bond donors (Lipinski definition) is 2. The van der Waals surface area contributed by atoms with Crippen LogP contribution in [0.1, 0.15) is 16.7 Å². The van der Waals surface area contributed by atoms with Crippen LogP contribution in [-0.4, -0.2) is 11.7 Å². The van der Waals surface area contributed by atoms with Crippen LogP contribution in [0, 0.1) is 13.8 Å². The molecule has 2 N–H and O–H groups in total. The minimum absolute atomic E-state index is 0.647. The number of benzene rings is 2. The Kier molecular flexibility index (Phi) is 5.59. The summed E-state index contributed by atoms with van der Waals surface area (Å²) in [5.41, 5.74) is 4.71. The van der Waals surface area contributed by atoms with Crippen LogP contribution in [0.3, 0.4) is 0 Å². The van der Waals surface area contributed by atoms with Crippen LogP contribution in [-0.2, 0) is 6.42 Å². The first kappa shape index (κ1) is 15.8. The van der Waals surface area contributed by atoms with E-state index in [0.717, 1.165) is 23.7 Å². The first-order chi connectivity index (χ1) is 10.0. The zero-order chi connectivity index (χ0) is 15.2. The monoisotopic (exact) mass is 318 g/mol. The maximum absolute atomic E-state index is 5.87. The van der Waals surface area contributed by atoms with Gasteiger partial charge in [0.05, 0.1) is 0 Å². The van der Waals surface area contributed by atoms with E-state index >= 15 is 0 Å². The molecule has 0 unspecified atom stereocenters. The number of aryl methyl sites for hydroxylation is 2. The fourth-order valence-corrected chi connectivity index (χ4v) is 2.54.